The fourth-order valence-electron chi connectivity index (χ4n) is 2.98. The van der Waals surface area contributed by atoms with E-state index in [0.29, 0.717) is 38.3 Å². The first-order valence-electron chi connectivity index (χ1n) is 8.43. The third-order valence-electron chi connectivity index (χ3n) is 4.38. The van der Waals surface area contributed by atoms with Crippen LogP contribution in [0.3, 0.4) is 0 Å². The molecule has 0 unspecified atom stereocenters. The highest BCUT2D eigenvalue weighted by atomic mass is 35.5. The highest BCUT2D eigenvalue weighted by Crippen LogP contribution is 2.21. The standard InChI is InChI=1S/C19H18ClF3N2O2/c20-17-11-14(21)3-6-16(17)18(26)25-9-7-24(8-10-25)12-13-1-4-15(5-2-13)27-19(22)23/h1-6,11,19H,7-10,12H2. The molecule has 1 aliphatic rings. The number of benzene rings is 2. The molecule has 1 heterocycles. The van der Waals surface area contributed by atoms with E-state index in [4.69, 9.17) is 11.6 Å². The number of ether oxygens (including phenoxy) is 1. The lowest BCUT2D eigenvalue weighted by Crippen LogP contribution is -2.48. The Bertz CT molecular complexity index is 794. The molecule has 8 heteroatoms. The summed E-state index contributed by atoms with van der Waals surface area (Å²) in [5.74, 6) is -0.570. The van der Waals surface area contributed by atoms with Crippen molar-refractivity contribution in [3.63, 3.8) is 0 Å². The minimum Gasteiger partial charge on any atom is -0.435 e. The van der Waals surface area contributed by atoms with E-state index in [0.717, 1.165) is 11.6 Å². The van der Waals surface area contributed by atoms with Crippen molar-refractivity contribution in [2.45, 2.75) is 13.2 Å². The number of nitrogens with zero attached hydrogens (tertiary/aromatic N) is 2. The first kappa shape index (κ1) is 19.5. The van der Waals surface area contributed by atoms with Crippen LogP contribution >= 0.6 is 11.6 Å². The first-order chi connectivity index (χ1) is 12.9. The largest absolute Gasteiger partial charge is 0.435 e. The number of halogens is 4. The van der Waals surface area contributed by atoms with Gasteiger partial charge in [0.25, 0.3) is 5.91 Å². The van der Waals surface area contributed by atoms with E-state index in [1.807, 2.05) is 0 Å². The van der Waals surface area contributed by atoms with Crippen molar-refractivity contribution >= 4 is 17.5 Å². The lowest BCUT2D eigenvalue weighted by molar-refractivity contribution is -0.0498. The fraction of sp³-hybridized carbons (Fsp3) is 0.316. The molecule has 3 rings (SSSR count). The average Bonchev–Trinajstić information content (AvgIpc) is 2.63. The molecule has 0 aromatic heterocycles. The second-order valence-corrected chi connectivity index (χ2v) is 6.62. The van der Waals surface area contributed by atoms with Crippen LogP contribution in [0.25, 0.3) is 0 Å². The second-order valence-electron chi connectivity index (χ2n) is 6.21. The molecule has 1 amide bonds. The summed E-state index contributed by atoms with van der Waals surface area (Å²) in [6.07, 6.45) is 0. The molecule has 0 aliphatic carbocycles. The Labute approximate surface area is 160 Å². The van der Waals surface area contributed by atoms with Gasteiger partial charge in [-0.3, -0.25) is 9.69 Å². The fourth-order valence-corrected chi connectivity index (χ4v) is 3.22. The summed E-state index contributed by atoms with van der Waals surface area (Å²) in [5.41, 5.74) is 1.26. The molecule has 1 aliphatic heterocycles. The van der Waals surface area contributed by atoms with Crippen LogP contribution in [0.2, 0.25) is 5.02 Å². The van der Waals surface area contributed by atoms with Gasteiger partial charge in [0, 0.05) is 32.7 Å². The molecule has 0 atom stereocenters. The number of rotatable bonds is 5. The highest BCUT2D eigenvalue weighted by molar-refractivity contribution is 6.33. The van der Waals surface area contributed by atoms with Gasteiger partial charge in [-0.2, -0.15) is 8.78 Å². The van der Waals surface area contributed by atoms with Crippen molar-refractivity contribution < 1.29 is 22.7 Å². The predicted octanol–water partition coefficient (Wildman–Crippen LogP) is 4.04. The Morgan fingerprint density at radius 1 is 1.07 bits per heavy atom. The van der Waals surface area contributed by atoms with Crippen LogP contribution in [0, 0.1) is 5.82 Å². The summed E-state index contributed by atoms with van der Waals surface area (Å²) in [4.78, 5) is 16.4. The van der Waals surface area contributed by atoms with Crippen molar-refractivity contribution in [2.75, 3.05) is 26.2 Å². The van der Waals surface area contributed by atoms with Crippen molar-refractivity contribution in [3.8, 4) is 5.75 Å². The van der Waals surface area contributed by atoms with Crippen molar-refractivity contribution in [3.05, 3.63) is 64.4 Å². The number of hydrogen-bond acceptors (Lipinski definition) is 3. The zero-order valence-electron chi connectivity index (χ0n) is 14.4. The molecule has 0 bridgehead atoms. The number of amides is 1. The van der Waals surface area contributed by atoms with Crippen LogP contribution in [0.15, 0.2) is 42.5 Å². The average molecular weight is 399 g/mol. The van der Waals surface area contributed by atoms with Crippen LogP contribution in [0.5, 0.6) is 5.75 Å². The van der Waals surface area contributed by atoms with E-state index in [-0.39, 0.29) is 16.7 Å². The lowest BCUT2D eigenvalue weighted by atomic mass is 10.1. The van der Waals surface area contributed by atoms with E-state index in [1.54, 1.807) is 17.0 Å². The second kappa shape index (κ2) is 8.63. The first-order valence-corrected chi connectivity index (χ1v) is 8.80. The van der Waals surface area contributed by atoms with Crippen molar-refractivity contribution in [2.24, 2.45) is 0 Å². The minimum absolute atomic E-state index is 0.105. The molecule has 2 aromatic rings. The SMILES string of the molecule is O=C(c1ccc(F)cc1Cl)N1CCN(Cc2ccc(OC(F)F)cc2)CC1. The molecule has 27 heavy (non-hydrogen) atoms. The Morgan fingerprint density at radius 3 is 2.33 bits per heavy atom. The number of hydrogen-bond donors (Lipinski definition) is 0. The third-order valence-corrected chi connectivity index (χ3v) is 4.69. The summed E-state index contributed by atoms with van der Waals surface area (Å²) in [7, 11) is 0. The van der Waals surface area contributed by atoms with Gasteiger partial charge in [0.1, 0.15) is 11.6 Å². The van der Waals surface area contributed by atoms with Crippen LogP contribution < -0.4 is 4.74 Å². The Balaban J connectivity index is 1.53. The van der Waals surface area contributed by atoms with Crippen LogP contribution in [0.4, 0.5) is 13.2 Å². The maximum absolute atomic E-state index is 13.1. The van der Waals surface area contributed by atoms with Crippen molar-refractivity contribution in [1.29, 1.82) is 0 Å². The maximum Gasteiger partial charge on any atom is 0.387 e. The smallest absolute Gasteiger partial charge is 0.387 e. The summed E-state index contributed by atoms with van der Waals surface area (Å²) in [6, 6.07) is 10.3. The molecule has 144 valence electrons. The number of carbonyl (C=O) groups is 1. The van der Waals surface area contributed by atoms with E-state index < -0.39 is 12.4 Å². The van der Waals surface area contributed by atoms with Gasteiger partial charge in [0.05, 0.1) is 10.6 Å². The van der Waals surface area contributed by atoms with Gasteiger partial charge in [0.2, 0.25) is 0 Å². The summed E-state index contributed by atoms with van der Waals surface area (Å²) in [6.45, 7) is 0.197. The Morgan fingerprint density at radius 2 is 1.74 bits per heavy atom. The van der Waals surface area contributed by atoms with E-state index in [1.165, 1.54) is 24.3 Å². The topological polar surface area (TPSA) is 32.8 Å². The van der Waals surface area contributed by atoms with Crippen LogP contribution in [-0.4, -0.2) is 48.5 Å². The molecule has 0 N–H and O–H groups in total. The normalized spacial score (nSPS) is 15.2. The van der Waals surface area contributed by atoms with Gasteiger partial charge in [-0.15, -0.1) is 0 Å². The van der Waals surface area contributed by atoms with Gasteiger partial charge in [-0.1, -0.05) is 23.7 Å². The molecular formula is C19H18ClF3N2O2. The highest BCUT2D eigenvalue weighted by Gasteiger charge is 2.23. The molecular weight excluding hydrogens is 381 g/mol. The molecule has 4 nitrogen and oxygen atoms in total. The van der Waals surface area contributed by atoms with E-state index >= 15 is 0 Å². The van der Waals surface area contributed by atoms with E-state index in [2.05, 4.69) is 9.64 Å². The quantitative estimate of drug-likeness (QED) is 0.762. The van der Waals surface area contributed by atoms with Crippen LogP contribution in [-0.2, 0) is 6.54 Å². The Hall–Kier alpha value is -2.25. The van der Waals surface area contributed by atoms with Gasteiger partial charge in [-0.05, 0) is 35.9 Å². The summed E-state index contributed by atoms with van der Waals surface area (Å²) in [5, 5.41) is 0.105. The number of alkyl halides is 2. The number of carbonyl (C=O) groups excluding carboxylic acids is 1. The number of piperazine rings is 1. The summed E-state index contributed by atoms with van der Waals surface area (Å²) < 4.78 is 41.8. The van der Waals surface area contributed by atoms with E-state index in [9.17, 15) is 18.0 Å². The van der Waals surface area contributed by atoms with Gasteiger partial charge < -0.3 is 9.64 Å². The zero-order chi connectivity index (χ0) is 19.4. The van der Waals surface area contributed by atoms with Crippen LogP contribution in [0.1, 0.15) is 15.9 Å². The monoisotopic (exact) mass is 398 g/mol. The maximum atomic E-state index is 13.1. The Kier molecular flexibility index (Phi) is 6.23. The molecule has 1 fully saturated rings. The zero-order valence-corrected chi connectivity index (χ0v) is 15.1. The summed E-state index contributed by atoms with van der Waals surface area (Å²) >= 11 is 5.97. The molecule has 1 saturated heterocycles. The molecule has 0 spiro atoms. The minimum atomic E-state index is -2.84. The van der Waals surface area contributed by atoms with Gasteiger partial charge in [0.15, 0.2) is 0 Å². The lowest BCUT2D eigenvalue weighted by Gasteiger charge is -2.35. The van der Waals surface area contributed by atoms with Gasteiger partial charge in [-0.25, -0.2) is 4.39 Å². The molecule has 2 aromatic carbocycles. The van der Waals surface area contributed by atoms with Crippen molar-refractivity contribution in [1.82, 2.24) is 9.80 Å². The molecule has 0 saturated carbocycles. The third kappa shape index (κ3) is 5.14. The van der Waals surface area contributed by atoms with Gasteiger partial charge >= 0.3 is 6.61 Å². The molecule has 0 radical (unpaired) electrons. The predicted molar refractivity (Wildman–Crippen MR) is 95.7 cm³/mol.